The fraction of sp³-hybridized carbons (Fsp3) is 0.375. The molecule has 0 aliphatic carbocycles. The molecule has 2 aromatic heterocycles. The van der Waals surface area contributed by atoms with Gasteiger partial charge < -0.3 is 34.7 Å². The largest absolute Gasteiger partial charge is 0.490 e. The number of alkyl halides is 5. The fourth-order valence-electron chi connectivity index (χ4n) is 6.18. The average molecular weight is 727 g/mol. The lowest BCUT2D eigenvalue weighted by atomic mass is 9.98. The highest BCUT2D eigenvalue weighted by Gasteiger charge is 2.42. The average Bonchev–Trinajstić information content (AvgIpc) is 3.70. The third kappa shape index (κ3) is 7.10. The number of aromatic nitrogens is 2. The highest BCUT2D eigenvalue weighted by molar-refractivity contribution is 6.34. The van der Waals surface area contributed by atoms with E-state index in [1.807, 2.05) is 0 Å². The SMILES string of the molecule is C=CC(=O)N1CCN(c2nc(OC[C@@H]3CC(F)(F)CN3)nc3cc(-c4cc(N)cc(F)c4Cl)c4ccoc4c23)C[C@@H]1CCOC(=O)C(F)(F)F. The number of rotatable bonds is 9. The van der Waals surface area contributed by atoms with Gasteiger partial charge in [0.15, 0.2) is 0 Å². The Morgan fingerprint density at radius 3 is 2.68 bits per heavy atom. The van der Waals surface area contributed by atoms with E-state index in [-0.39, 0.29) is 71.9 Å². The van der Waals surface area contributed by atoms with Crippen molar-refractivity contribution in [1.82, 2.24) is 20.2 Å². The number of nitrogens with two attached hydrogens (primary N) is 1. The number of nitrogens with one attached hydrogen (secondary N) is 1. The Morgan fingerprint density at radius 2 is 1.98 bits per heavy atom. The summed E-state index contributed by atoms with van der Waals surface area (Å²) in [5, 5.41) is 3.33. The highest BCUT2D eigenvalue weighted by Crippen LogP contribution is 2.43. The Kier molecular flexibility index (Phi) is 9.47. The van der Waals surface area contributed by atoms with Gasteiger partial charge in [0, 0.05) is 55.2 Å². The monoisotopic (exact) mass is 726 g/mol. The molecule has 2 saturated heterocycles. The topological polar surface area (TPSA) is 136 Å². The number of amides is 1. The number of nitrogen functional groups attached to an aromatic ring is 1. The molecular weight excluding hydrogens is 698 g/mol. The quantitative estimate of drug-likeness (QED) is 0.0987. The first-order chi connectivity index (χ1) is 23.6. The van der Waals surface area contributed by atoms with Crippen LogP contribution in [0.1, 0.15) is 12.8 Å². The van der Waals surface area contributed by atoms with Crippen molar-refractivity contribution < 1.29 is 49.8 Å². The number of fused-ring (bicyclic) bond motifs is 3. The Morgan fingerprint density at radius 1 is 1.20 bits per heavy atom. The maximum Gasteiger partial charge on any atom is 0.490 e. The van der Waals surface area contributed by atoms with Gasteiger partial charge >= 0.3 is 18.2 Å². The van der Waals surface area contributed by atoms with Gasteiger partial charge in [0.1, 0.15) is 23.8 Å². The number of esters is 1. The van der Waals surface area contributed by atoms with Gasteiger partial charge in [-0.1, -0.05) is 18.2 Å². The molecule has 0 bridgehead atoms. The zero-order valence-electron chi connectivity index (χ0n) is 26.0. The molecular formula is C32H29ClF6N6O5. The number of carbonyl (C=O) groups is 2. The molecule has 2 fully saturated rings. The molecule has 18 heteroatoms. The van der Waals surface area contributed by atoms with Crippen LogP contribution in [0.4, 0.5) is 37.8 Å². The summed E-state index contributed by atoms with van der Waals surface area (Å²) in [5.74, 6) is -6.29. The number of benzene rings is 2. The van der Waals surface area contributed by atoms with Gasteiger partial charge in [0.25, 0.3) is 5.92 Å². The number of halogens is 7. The van der Waals surface area contributed by atoms with E-state index in [1.54, 1.807) is 17.0 Å². The van der Waals surface area contributed by atoms with Crippen LogP contribution in [0, 0.1) is 5.82 Å². The minimum atomic E-state index is -5.19. The Hall–Kier alpha value is -4.77. The molecule has 3 N–H and O–H groups in total. The van der Waals surface area contributed by atoms with E-state index in [0.29, 0.717) is 16.3 Å². The first-order valence-electron chi connectivity index (χ1n) is 15.3. The summed E-state index contributed by atoms with van der Waals surface area (Å²) < 4.78 is 96.9. The van der Waals surface area contributed by atoms with Crippen molar-refractivity contribution in [3.8, 4) is 17.1 Å². The zero-order valence-corrected chi connectivity index (χ0v) is 26.8. The molecule has 1 amide bonds. The van der Waals surface area contributed by atoms with Crippen LogP contribution in [0.5, 0.6) is 6.01 Å². The van der Waals surface area contributed by atoms with E-state index >= 15 is 0 Å². The van der Waals surface area contributed by atoms with Crippen LogP contribution in [-0.4, -0.2) is 90.3 Å². The van der Waals surface area contributed by atoms with E-state index in [1.165, 1.54) is 17.2 Å². The second kappa shape index (κ2) is 13.5. The predicted molar refractivity (Wildman–Crippen MR) is 171 cm³/mol. The van der Waals surface area contributed by atoms with Gasteiger partial charge in [0.05, 0.1) is 41.4 Å². The number of furan rings is 1. The van der Waals surface area contributed by atoms with E-state index in [9.17, 15) is 35.9 Å². The first kappa shape index (κ1) is 35.1. The van der Waals surface area contributed by atoms with Gasteiger partial charge in [-0.05, 0) is 35.9 Å². The van der Waals surface area contributed by atoms with E-state index in [4.69, 9.17) is 26.5 Å². The molecule has 0 spiro atoms. The minimum Gasteiger partial charge on any atom is -0.463 e. The van der Waals surface area contributed by atoms with Gasteiger partial charge in [-0.25, -0.2) is 18.0 Å². The second-order valence-electron chi connectivity index (χ2n) is 11.9. The van der Waals surface area contributed by atoms with Gasteiger partial charge in [-0.2, -0.15) is 23.1 Å². The smallest absolute Gasteiger partial charge is 0.463 e. The minimum absolute atomic E-state index is 0.00131. The normalized spacial score (nSPS) is 19.3. The number of piperazine rings is 1. The summed E-state index contributed by atoms with van der Waals surface area (Å²) in [6.45, 7) is 2.37. The van der Waals surface area contributed by atoms with E-state index < -0.39 is 61.4 Å². The van der Waals surface area contributed by atoms with Crippen molar-refractivity contribution in [2.45, 2.75) is 37.0 Å². The van der Waals surface area contributed by atoms with E-state index in [2.05, 4.69) is 26.6 Å². The maximum atomic E-state index is 14.7. The Bertz CT molecular complexity index is 1970. The summed E-state index contributed by atoms with van der Waals surface area (Å²) >= 11 is 6.37. The van der Waals surface area contributed by atoms with Gasteiger partial charge in [-0.3, -0.25) is 4.79 Å². The third-order valence-electron chi connectivity index (χ3n) is 8.47. The van der Waals surface area contributed by atoms with Crippen LogP contribution in [0.2, 0.25) is 5.02 Å². The summed E-state index contributed by atoms with van der Waals surface area (Å²) in [6, 6.07) is 4.10. The summed E-state index contributed by atoms with van der Waals surface area (Å²) in [6.07, 6.45) is -3.36. The molecule has 2 atom stereocenters. The molecule has 2 aliphatic heterocycles. The van der Waals surface area contributed by atoms with Crippen LogP contribution < -0.4 is 20.7 Å². The molecule has 266 valence electrons. The molecule has 0 unspecified atom stereocenters. The Balaban J connectivity index is 1.43. The standard InChI is InChI=1S/C32H29ClF6N6O5/c1-2-24(46)45-6-5-44(13-18(45)3-7-49-29(47)32(37,38)39)28-25-23(42-30(43-28)50-14-17-12-31(35,36)15-41-17)11-20(19-4-8-48-27(19)25)21-9-16(40)10-22(34)26(21)33/h2,4,8-11,17-18,41H,1,3,5-7,12-15,40H2/t17-,18-/m0/s1. The van der Waals surface area contributed by atoms with Crippen LogP contribution in [0.25, 0.3) is 33.0 Å². The lowest BCUT2D eigenvalue weighted by molar-refractivity contribution is -0.200. The molecule has 0 saturated carbocycles. The first-order valence-corrected chi connectivity index (χ1v) is 15.7. The lowest BCUT2D eigenvalue weighted by Crippen LogP contribution is -2.55. The molecule has 11 nitrogen and oxygen atoms in total. The Labute approximate surface area is 284 Å². The highest BCUT2D eigenvalue weighted by atomic mass is 35.5. The van der Waals surface area contributed by atoms with Crippen LogP contribution in [-0.2, 0) is 14.3 Å². The number of carbonyl (C=O) groups excluding carboxylic acids is 2. The molecule has 2 aliphatic rings. The predicted octanol–water partition coefficient (Wildman–Crippen LogP) is 5.49. The van der Waals surface area contributed by atoms with Crippen LogP contribution in [0.3, 0.4) is 0 Å². The van der Waals surface area contributed by atoms with Crippen LogP contribution >= 0.6 is 11.6 Å². The van der Waals surface area contributed by atoms with Crippen molar-refractivity contribution in [1.29, 1.82) is 0 Å². The number of hydrogen-bond donors (Lipinski definition) is 2. The zero-order chi connectivity index (χ0) is 36.0. The fourth-order valence-corrected chi connectivity index (χ4v) is 6.39. The number of hydrogen-bond acceptors (Lipinski definition) is 10. The second-order valence-corrected chi connectivity index (χ2v) is 12.3. The van der Waals surface area contributed by atoms with Gasteiger partial charge in [0.2, 0.25) is 5.91 Å². The number of nitrogens with zero attached hydrogens (tertiary/aromatic N) is 4. The van der Waals surface area contributed by atoms with Crippen molar-refractivity contribution in [2.75, 3.05) is 50.0 Å². The summed E-state index contributed by atoms with van der Waals surface area (Å²) in [5.41, 5.74) is 7.17. The maximum absolute atomic E-state index is 14.7. The molecule has 4 aromatic rings. The lowest BCUT2D eigenvalue weighted by Gasteiger charge is -2.41. The molecule has 2 aromatic carbocycles. The number of ether oxygens (including phenoxy) is 2. The molecule has 6 rings (SSSR count). The summed E-state index contributed by atoms with van der Waals surface area (Å²) in [7, 11) is 0. The van der Waals surface area contributed by atoms with Crippen LogP contribution in [0.15, 0.2) is 47.6 Å². The van der Waals surface area contributed by atoms with Crippen molar-refractivity contribution in [3.05, 3.63) is 54.0 Å². The molecule has 50 heavy (non-hydrogen) atoms. The summed E-state index contributed by atoms with van der Waals surface area (Å²) in [4.78, 5) is 36.4. The number of anilines is 2. The molecule has 4 heterocycles. The van der Waals surface area contributed by atoms with Crippen molar-refractivity contribution in [2.24, 2.45) is 0 Å². The van der Waals surface area contributed by atoms with Crippen molar-refractivity contribution in [3.63, 3.8) is 0 Å². The van der Waals surface area contributed by atoms with Gasteiger partial charge in [-0.15, -0.1) is 0 Å². The van der Waals surface area contributed by atoms with Crippen molar-refractivity contribution >= 4 is 56.9 Å². The third-order valence-corrected chi connectivity index (χ3v) is 8.85. The van der Waals surface area contributed by atoms with E-state index in [0.717, 1.165) is 12.1 Å². The molecule has 0 radical (unpaired) electrons.